The van der Waals surface area contributed by atoms with Crippen LogP contribution in [0.1, 0.15) is 11.1 Å². The van der Waals surface area contributed by atoms with Gasteiger partial charge < -0.3 is 10.4 Å². The number of hydrogen-bond acceptors (Lipinski definition) is 2. The van der Waals surface area contributed by atoms with Gasteiger partial charge in [0, 0.05) is 0 Å². The Kier molecular flexibility index (Phi) is 2.79. The Hall–Kier alpha value is -1.61. The van der Waals surface area contributed by atoms with E-state index in [4.69, 9.17) is 0 Å². The molecule has 0 bridgehead atoms. The number of fused-ring (bicyclic) bond motifs is 1. The summed E-state index contributed by atoms with van der Waals surface area (Å²) in [6.07, 6.45) is 2.60. The molecule has 0 radical (unpaired) electrons. The van der Waals surface area contributed by atoms with Crippen molar-refractivity contribution in [1.29, 1.82) is 0 Å². The van der Waals surface area contributed by atoms with E-state index in [0.717, 1.165) is 0 Å². The number of aliphatic hydroxyl groups excluding tert-OH is 1. The predicted molar refractivity (Wildman–Crippen MR) is 62.0 cm³/mol. The van der Waals surface area contributed by atoms with Crippen molar-refractivity contribution >= 4 is 5.91 Å². The molecule has 0 aromatic heterocycles. The third kappa shape index (κ3) is 1.86. The van der Waals surface area contributed by atoms with Gasteiger partial charge in [0.05, 0.1) is 12.1 Å². The minimum atomic E-state index is -0.547. The number of aliphatic hydroxyl groups is 1. The van der Waals surface area contributed by atoms with Gasteiger partial charge in [-0.25, -0.2) is 0 Å². The Morgan fingerprint density at radius 1 is 1.44 bits per heavy atom. The summed E-state index contributed by atoms with van der Waals surface area (Å²) in [5, 5.41) is 12.3. The lowest BCUT2D eigenvalue weighted by Crippen LogP contribution is -2.51. The molecule has 0 spiro atoms. The van der Waals surface area contributed by atoms with E-state index in [1.807, 2.05) is 24.3 Å². The van der Waals surface area contributed by atoms with Crippen LogP contribution in [-0.4, -0.2) is 23.2 Å². The minimum Gasteiger partial charge on any atom is -0.394 e. The molecule has 16 heavy (non-hydrogen) atoms. The average molecular weight is 217 g/mol. The predicted octanol–water partition coefficient (Wildman–Crippen LogP) is 0.818. The zero-order valence-corrected chi connectivity index (χ0v) is 9.07. The summed E-state index contributed by atoms with van der Waals surface area (Å²) in [5.41, 5.74) is 1.84. The lowest BCUT2D eigenvalue weighted by Gasteiger charge is -2.27. The fourth-order valence-electron chi connectivity index (χ4n) is 2.25. The monoisotopic (exact) mass is 217 g/mol. The molecule has 1 amide bonds. The fourth-order valence-corrected chi connectivity index (χ4v) is 2.25. The maximum atomic E-state index is 11.3. The molecule has 1 aliphatic rings. The Balaban J connectivity index is 2.22. The van der Waals surface area contributed by atoms with E-state index in [2.05, 4.69) is 11.9 Å². The molecule has 1 aromatic carbocycles. The molecule has 3 heteroatoms. The van der Waals surface area contributed by atoms with Crippen LogP contribution < -0.4 is 5.32 Å². The molecule has 0 saturated carbocycles. The molecule has 0 saturated heterocycles. The molecule has 0 aliphatic heterocycles. The smallest absolute Gasteiger partial charge is 0.243 e. The van der Waals surface area contributed by atoms with E-state index in [1.165, 1.54) is 17.2 Å². The molecule has 1 aromatic rings. The van der Waals surface area contributed by atoms with Crippen molar-refractivity contribution in [3.8, 4) is 0 Å². The number of rotatable bonds is 3. The Labute approximate surface area is 94.8 Å². The van der Waals surface area contributed by atoms with Crippen LogP contribution in [0.25, 0.3) is 0 Å². The van der Waals surface area contributed by atoms with Crippen molar-refractivity contribution < 1.29 is 9.90 Å². The summed E-state index contributed by atoms with van der Waals surface area (Å²) in [6.45, 7) is 3.37. The van der Waals surface area contributed by atoms with Crippen molar-refractivity contribution in [1.82, 2.24) is 5.32 Å². The number of benzene rings is 1. The van der Waals surface area contributed by atoms with Crippen molar-refractivity contribution in [2.75, 3.05) is 6.61 Å². The van der Waals surface area contributed by atoms with Crippen LogP contribution in [0.15, 0.2) is 36.9 Å². The third-order valence-corrected chi connectivity index (χ3v) is 3.05. The quantitative estimate of drug-likeness (QED) is 0.736. The molecule has 0 fully saturated rings. The number of hydrogen-bond donors (Lipinski definition) is 2. The summed E-state index contributed by atoms with van der Waals surface area (Å²) < 4.78 is 0. The zero-order valence-electron chi connectivity index (χ0n) is 9.07. The molecule has 3 nitrogen and oxygen atoms in total. The van der Waals surface area contributed by atoms with Crippen LogP contribution in [0.5, 0.6) is 0 Å². The van der Waals surface area contributed by atoms with Crippen molar-refractivity contribution in [2.45, 2.75) is 18.4 Å². The number of amides is 1. The van der Waals surface area contributed by atoms with Crippen molar-refractivity contribution in [3.05, 3.63) is 48.0 Å². The van der Waals surface area contributed by atoms with Gasteiger partial charge in [-0.3, -0.25) is 4.79 Å². The molecule has 0 unspecified atom stereocenters. The largest absolute Gasteiger partial charge is 0.394 e. The molecular weight excluding hydrogens is 202 g/mol. The van der Waals surface area contributed by atoms with E-state index in [1.54, 1.807) is 0 Å². The molecule has 2 N–H and O–H groups in total. The SMILES string of the molecule is C=CC(=O)NC1(CO)Cc2ccccc2C1. The van der Waals surface area contributed by atoms with E-state index < -0.39 is 5.54 Å². The molecular formula is C13H15NO2. The Bertz CT molecular complexity index is 401. The Morgan fingerprint density at radius 3 is 2.44 bits per heavy atom. The number of carbonyl (C=O) groups excluding carboxylic acids is 1. The highest BCUT2D eigenvalue weighted by molar-refractivity contribution is 5.87. The highest BCUT2D eigenvalue weighted by atomic mass is 16.3. The van der Waals surface area contributed by atoms with Gasteiger partial charge in [0.15, 0.2) is 0 Å². The second-order valence-electron chi connectivity index (χ2n) is 4.25. The first kappa shape index (κ1) is 10.9. The van der Waals surface area contributed by atoms with E-state index in [0.29, 0.717) is 12.8 Å². The first-order chi connectivity index (χ1) is 7.69. The summed E-state index contributed by atoms with van der Waals surface area (Å²) in [4.78, 5) is 11.3. The number of nitrogens with one attached hydrogen (secondary N) is 1. The van der Waals surface area contributed by atoms with Gasteiger partial charge in [0.2, 0.25) is 5.91 Å². The summed E-state index contributed by atoms with van der Waals surface area (Å²) in [7, 11) is 0. The van der Waals surface area contributed by atoms with Gasteiger partial charge in [-0.05, 0) is 30.0 Å². The molecule has 1 aliphatic carbocycles. The summed E-state index contributed by atoms with van der Waals surface area (Å²) >= 11 is 0. The topological polar surface area (TPSA) is 49.3 Å². The van der Waals surface area contributed by atoms with Crippen molar-refractivity contribution in [3.63, 3.8) is 0 Å². The lowest BCUT2D eigenvalue weighted by molar-refractivity contribution is -0.118. The van der Waals surface area contributed by atoms with Crippen LogP contribution >= 0.6 is 0 Å². The molecule has 0 atom stereocenters. The van der Waals surface area contributed by atoms with Crippen molar-refractivity contribution in [2.24, 2.45) is 0 Å². The average Bonchev–Trinajstić information content (AvgIpc) is 2.67. The van der Waals surface area contributed by atoms with Crippen LogP contribution in [0.4, 0.5) is 0 Å². The van der Waals surface area contributed by atoms with Gasteiger partial charge >= 0.3 is 0 Å². The minimum absolute atomic E-state index is 0.0543. The van der Waals surface area contributed by atoms with Crippen LogP contribution in [-0.2, 0) is 17.6 Å². The first-order valence-electron chi connectivity index (χ1n) is 5.31. The van der Waals surface area contributed by atoms with Gasteiger partial charge in [-0.15, -0.1) is 0 Å². The molecule has 84 valence electrons. The van der Waals surface area contributed by atoms with Gasteiger partial charge in [0.1, 0.15) is 0 Å². The zero-order chi connectivity index (χ0) is 11.6. The van der Waals surface area contributed by atoms with Gasteiger partial charge in [0.25, 0.3) is 0 Å². The summed E-state index contributed by atoms with van der Waals surface area (Å²) in [6, 6.07) is 8.02. The highest BCUT2D eigenvalue weighted by Crippen LogP contribution is 2.29. The second-order valence-corrected chi connectivity index (χ2v) is 4.25. The van der Waals surface area contributed by atoms with E-state index in [-0.39, 0.29) is 12.5 Å². The second kappa shape index (κ2) is 4.10. The van der Waals surface area contributed by atoms with E-state index in [9.17, 15) is 9.90 Å². The first-order valence-corrected chi connectivity index (χ1v) is 5.31. The fraction of sp³-hybridized carbons (Fsp3) is 0.308. The molecule has 0 heterocycles. The van der Waals surface area contributed by atoms with Crippen LogP contribution in [0, 0.1) is 0 Å². The lowest BCUT2D eigenvalue weighted by atomic mass is 9.97. The third-order valence-electron chi connectivity index (χ3n) is 3.05. The molecule has 2 rings (SSSR count). The Morgan fingerprint density at radius 2 is 2.00 bits per heavy atom. The maximum absolute atomic E-state index is 11.3. The van der Waals surface area contributed by atoms with E-state index >= 15 is 0 Å². The standard InChI is InChI=1S/C13H15NO2/c1-2-12(16)14-13(9-15)7-10-5-3-4-6-11(10)8-13/h2-6,15H,1,7-9H2,(H,14,16). The summed E-state index contributed by atoms with van der Waals surface area (Å²) in [5.74, 6) is -0.234. The normalized spacial score (nSPS) is 16.6. The highest BCUT2D eigenvalue weighted by Gasteiger charge is 2.37. The van der Waals surface area contributed by atoms with Gasteiger partial charge in [-0.1, -0.05) is 30.8 Å². The van der Waals surface area contributed by atoms with Gasteiger partial charge in [-0.2, -0.15) is 0 Å². The van der Waals surface area contributed by atoms with Crippen LogP contribution in [0.3, 0.4) is 0 Å². The van der Waals surface area contributed by atoms with Crippen LogP contribution in [0.2, 0.25) is 0 Å². The maximum Gasteiger partial charge on any atom is 0.243 e. The number of carbonyl (C=O) groups is 1.